The van der Waals surface area contributed by atoms with Crippen LogP contribution in [0.1, 0.15) is 13.8 Å². The minimum absolute atomic E-state index is 0.246. The van der Waals surface area contributed by atoms with Crippen LogP contribution in [0.5, 0.6) is 0 Å². The number of primary amides is 1. The van der Waals surface area contributed by atoms with Crippen LogP contribution in [0.3, 0.4) is 0 Å². The van der Waals surface area contributed by atoms with Gasteiger partial charge in [0.25, 0.3) is 0 Å². The van der Waals surface area contributed by atoms with Gasteiger partial charge in [0.15, 0.2) is 0 Å². The first-order valence-electron chi connectivity index (χ1n) is 4.31. The van der Waals surface area contributed by atoms with E-state index in [0.29, 0.717) is 0 Å². The second-order valence-corrected chi connectivity index (χ2v) is 3.66. The molecule has 0 bridgehead atoms. The molecule has 4 heteroatoms. The van der Waals surface area contributed by atoms with Crippen LogP contribution in [-0.4, -0.2) is 42.5 Å². The molecule has 1 heterocycles. The van der Waals surface area contributed by atoms with E-state index in [0.717, 1.165) is 26.2 Å². The van der Waals surface area contributed by atoms with Gasteiger partial charge in [-0.1, -0.05) is 0 Å². The quantitative estimate of drug-likeness (QED) is 0.569. The highest BCUT2D eigenvalue weighted by atomic mass is 16.1. The largest absolute Gasteiger partial charge is 0.368 e. The molecule has 0 aromatic heterocycles. The Balaban J connectivity index is 2.59. The Morgan fingerprint density at radius 2 is 1.92 bits per heavy atom. The normalized spacial score (nSPS) is 20.8. The van der Waals surface area contributed by atoms with E-state index in [2.05, 4.69) is 10.2 Å². The van der Waals surface area contributed by atoms with Crippen LogP contribution in [0.25, 0.3) is 0 Å². The number of nitrogens with zero attached hydrogens (tertiary/aromatic N) is 1. The van der Waals surface area contributed by atoms with Crippen molar-refractivity contribution in [3.63, 3.8) is 0 Å². The van der Waals surface area contributed by atoms with Crippen LogP contribution in [-0.2, 0) is 4.79 Å². The molecular formula is C8H17N3O. The smallest absolute Gasteiger partial charge is 0.237 e. The second-order valence-electron chi connectivity index (χ2n) is 3.66. The molecule has 0 spiro atoms. The van der Waals surface area contributed by atoms with E-state index >= 15 is 0 Å². The highest BCUT2D eigenvalue weighted by molar-refractivity contribution is 5.83. The summed E-state index contributed by atoms with van der Waals surface area (Å²) >= 11 is 0. The molecule has 0 aromatic rings. The number of carbonyl (C=O) groups excluding carboxylic acids is 1. The maximum absolute atomic E-state index is 11.1. The summed E-state index contributed by atoms with van der Waals surface area (Å²) < 4.78 is 0. The number of piperazine rings is 1. The van der Waals surface area contributed by atoms with E-state index in [-0.39, 0.29) is 5.91 Å². The molecule has 1 amide bonds. The molecule has 4 nitrogen and oxygen atoms in total. The summed E-state index contributed by atoms with van der Waals surface area (Å²) in [6.07, 6.45) is 0. The van der Waals surface area contributed by atoms with Crippen LogP contribution in [0.15, 0.2) is 0 Å². The number of hydrogen-bond donors (Lipinski definition) is 2. The minimum atomic E-state index is -0.498. The molecule has 1 rings (SSSR count). The van der Waals surface area contributed by atoms with Crippen molar-refractivity contribution in [1.29, 1.82) is 0 Å². The predicted molar refractivity (Wildman–Crippen MR) is 47.7 cm³/mol. The standard InChI is InChI=1S/C8H17N3O/c1-8(2,7(9)12)11-5-3-10-4-6-11/h10H,3-6H2,1-2H3,(H2,9,12). The third-order valence-corrected chi connectivity index (χ3v) is 2.51. The third kappa shape index (κ3) is 1.76. The molecule has 0 saturated carbocycles. The van der Waals surface area contributed by atoms with Gasteiger partial charge < -0.3 is 11.1 Å². The summed E-state index contributed by atoms with van der Waals surface area (Å²) in [5.41, 5.74) is 4.80. The van der Waals surface area contributed by atoms with Gasteiger partial charge in [0.2, 0.25) is 5.91 Å². The number of nitrogens with two attached hydrogens (primary N) is 1. The molecule has 1 fully saturated rings. The monoisotopic (exact) mass is 171 g/mol. The Bertz CT molecular complexity index is 173. The molecular weight excluding hydrogens is 154 g/mol. The summed E-state index contributed by atoms with van der Waals surface area (Å²) in [5.74, 6) is -0.246. The first-order valence-corrected chi connectivity index (χ1v) is 4.31. The lowest BCUT2D eigenvalue weighted by Gasteiger charge is -2.38. The van der Waals surface area contributed by atoms with E-state index in [1.165, 1.54) is 0 Å². The summed E-state index contributed by atoms with van der Waals surface area (Å²) in [6.45, 7) is 7.43. The summed E-state index contributed by atoms with van der Waals surface area (Å²) in [4.78, 5) is 13.2. The Morgan fingerprint density at radius 3 is 2.33 bits per heavy atom. The van der Waals surface area contributed by atoms with Crippen LogP contribution < -0.4 is 11.1 Å². The fourth-order valence-corrected chi connectivity index (χ4v) is 1.38. The van der Waals surface area contributed by atoms with E-state index in [1.54, 1.807) is 0 Å². The lowest BCUT2D eigenvalue weighted by molar-refractivity contribution is -0.128. The topological polar surface area (TPSA) is 58.4 Å². The average Bonchev–Trinajstić information content (AvgIpc) is 2.06. The number of rotatable bonds is 2. The van der Waals surface area contributed by atoms with E-state index in [1.807, 2.05) is 13.8 Å². The fraction of sp³-hybridized carbons (Fsp3) is 0.875. The number of amides is 1. The Kier molecular flexibility index (Phi) is 2.69. The third-order valence-electron chi connectivity index (χ3n) is 2.51. The van der Waals surface area contributed by atoms with Gasteiger partial charge in [-0.25, -0.2) is 0 Å². The molecule has 3 N–H and O–H groups in total. The van der Waals surface area contributed by atoms with Crippen LogP contribution >= 0.6 is 0 Å². The zero-order chi connectivity index (χ0) is 9.19. The first-order chi connectivity index (χ1) is 5.55. The maximum atomic E-state index is 11.1. The molecule has 70 valence electrons. The van der Waals surface area contributed by atoms with Gasteiger partial charge in [0.05, 0.1) is 5.54 Å². The van der Waals surface area contributed by atoms with E-state index in [4.69, 9.17) is 5.73 Å². The van der Waals surface area contributed by atoms with Gasteiger partial charge in [-0.2, -0.15) is 0 Å². The highest BCUT2D eigenvalue weighted by Gasteiger charge is 2.32. The average molecular weight is 171 g/mol. The molecule has 0 aliphatic carbocycles. The van der Waals surface area contributed by atoms with Crippen molar-refractivity contribution in [3.05, 3.63) is 0 Å². The van der Waals surface area contributed by atoms with Crippen molar-refractivity contribution in [2.75, 3.05) is 26.2 Å². The lowest BCUT2D eigenvalue weighted by Crippen LogP contribution is -2.58. The van der Waals surface area contributed by atoms with E-state index in [9.17, 15) is 4.79 Å². The van der Waals surface area contributed by atoms with Crippen LogP contribution in [0.2, 0.25) is 0 Å². The van der Waals surface area contributed by atoms with E-state index < -0.39 is 5.54 Å². The van der Waals surface area contributed by atoms with Gasteiger partial charge in [0, 0.05) is 26.2 Å². The molecule has 0 aromatic carbocycles. The van der Waals surface area contributed by atoms with Crippen LogP contribution in [0.4, 0.5) is 0 Å². The summed E-state index contributed by atoms with van der Waals surface area (Å²) in [5, 5.41) is 3.23. The van der Waals surface area contributed by atoms with Crippen molar-refractivity contribution in [1.82, 2.24) is 10.2 Å². The highest BCUT2D eigenvalue weighted by Crippen LogP contribution is 2.13. The molecule has 1 aliphatic heterocycles. The maximum Gasteiger partial charge on any atom is 0.237 e. The molecule has 1 aliphatic rings. The Hall–Kier alpha value is -0.610. The minimum Gasteiger partial charge on any atom is -0.368 e. The van der Waals surface area contributed by atoms with Gasteiger partial charge >= 0.3 is 0 Å². The van der Waals surface area contributed by atoms with Gasteiger partial charge in [-0.15, -0.1) is 0 Å². The van der Waals surface area contributed by atoms with Gasteiger partial charge in [-0.05, 0) is 13.8 Å². The molecule has 0 atom stereocenters. The number of hydrogen-bond acceptors (Lipinski definition) is 3. The van der Waals surface area contributed by atoms with Crippen molar-refractivity contribution in [2.45, 2.75) is 19.4 Å². The van der Waals surface area contributed by atoms with Crippen molar-refractivity contribution in [3.8, 4) is 0 Å². The molecule has 12 heavy (non-hydrogen) atoms. The fourth-order valence-electron chi connectivity index (χ4n) is 1.38. The predicted octanol–water partition coefficient (Wildman–Crippen LogP) is -0.844. The SMILES string of the molecule is CC(C)(C(N)=O)N1CCNCC1. The number of nitrogens with one attached hydrogen (secondary N) is 1. The van der Waals surface area contributed by atoms with Crippen molar-refractivity contribution < 1.29 is 4.79 Å². The molecule has 1 saturated heterocycles. The second kappa shape index (κ2) is 3.41. The molecule has 0 unspecified atom stereocenters. The summed E-state index contributed by atoms with van der Waals surface area (Å²) in [6, 6.07) is 0. The van der Waals surface area contributed by atoms with Crippen molar-refractivity contribution in [2.24, 2.45) is 5.73 Å². The zero-order valence-electron chi connectivity index (χ0n) is 7.76. The van der Waals surface area contributed by atoms with Gasteiger partial charge in [0.1, 0.15) is 0 Å². The Labute approximate surface area is 73.1 Å². The Morgan fingerprint density at radius 1 is 1.42 bits per heavy atom. The van der Waals surface area contributed by atoms with Crippen molar-refractivity contribution >= 4 is 5.91 Å². The first kappa shape index (κ1) is 9.48. The molecule has 0 radical (unpaired) electrons. The number of carbonyl (C=O) groups is 1. The summed E-state index contributed by atoms with van der Waals surface area (Å²) in [7, 11) is 0. The lowest BCUT2D eigenvalue weighted by atomic mass is 10.0. The zero-order valence-corrected chi connectivity index (χ0v) is 7.76. The van der Waals surface area contributed by atoms with Gasteiger partial charge in [-0.3, -0.25) is 9.69 Å². The van der Waals surface area contributed by atoms with Crippen LogP contribution in [0, 0.1) is 0 Å².